The molecule has 3 aliphatic rings. The van der Waals surface area contributed by atoms with Gasteiger partial charge in [0.15, 0.2) is 0 Å². The van der Waals surface area contributed by atoms with Crippen molar-refractivity contribution in [3.63, 3.8) is 0 Å². The maximum atomic E-state index is 11.8. The predicted molar refractivity (Wildman–Crippen MR) is 64.5 cm³/mol. The van der Waals surface area contributed by atoms with Gasteiger partial charge in [-0.05, 0) is 19.3 Å². The molecule has 0 aromatic heterocycles. The van der Waals surface area contributed by atoms with Crippen LogP contribution >= 0.6 is 0 Å². The molecule has 0 aromatic carbocycles. The lowest BCUT2D eigenvalue weighted by molar-refractivity contribution is 0.180. The highest BCUT2D eigenvalue weighted by Gasteiger charge is 2.54. The molecule has 5 nitrogen and oxygen atoms in total. The van der Waals surface area contributed by atoms with E-state index in [9.17, 15) is 4.79 Å². The van der Waals surface area contributed by atoms with E-state index in [1.54, 1.807) is 4.90 Å². The number of carbonyl (C=O) groups is 1. The summed E-state index contributed by atoms with van der Waals surface area (Å²) < 4.78 is 0. The zero-order valence-electron chi connectivity index (χ0n) is 9.72. The third-order valence-electron chi connectivity index (χ3n) is 4.03. The Labute approximate surface area is 101 Å². The first kappa shape index (κ1) is 10.6. The number of likely N-dealkylation sites (tertiary alicyclic amines) is 1. The van der Waals surface area contributed by atoms with Crippen molar-refractivity contribution in [2.24, 2.45) is 10.7 Å². The minimum Gasteiger partial charge on any atom is -0.385 e. The van der Waals surface area contributed by atoms with E-state index < -0.39 is 5.54 Å². The van der Waals surface area contributed by atoms with Crippen LogP contribution < -0.4 is 5.73 Å². The molecule has 2 N–H and O–H groups in total. The van der Waals surface area contributed by atoms with Gasteiger partial charge < -0.3 is 5.73 Å². The van der Waals surface area contributed by atoms with E-state index in [0.717, 1.165) is 19.5 Å². The van der Waals surface area contributed by atoms with Gasteiger partial charge in [0.25, 0.3) is 0 Å². The topological polar surface area (TPSA) is 61.9 Å². The fraction of sp³-hybridized carbons (Fsp3) is 0.667. The Morgan fingerprint density at radius 3 is 3.00 bits per heavy atom. The van der Waals surface area contributed by atoms with Crippen LogP contribution in [0.4, 0.5) is 4.79 Å². The largest absolute Gasteiger partial charge is 0.385 e. The predicted octanol–water partition coefficient (Wildman–Crippen LogP) is 0.0193. The van der Waals surface area contributed by atoms with Crippen LogP contribution in [0.2, 0.25) is 0 Å². The Morgan fingerprint density at radius 1 is 1.59 bits per heavy atom. The molecule has 2 fully saturated rings. The molecule has 2 amide bonds. The van der Waals surface area contributed by atoms with E-state index in [1.807, 2.05) is 0 Å². The van der Waals surface area contributed by atoms with E-state index in [0.29, 0.717) is 18.4 Å². The summed E-state index contributed by atoms with van der Waals surface area (Å²) in [6.07, 6.45) is 8.70. The number of carbonyl (C=O) groups excluding carboxylic acids is 1. The average Bonchev–Trinajstić information content (AvgIpc) is 3.01. The molecule has 3 rings (SSSR count). The normalized spacial score (nSPS) is 33.2. The molecule has 1 saturated heterocycles. The van der Waals surface area contributed by atoms with E-state index in [1.165, 1.54) is 12.8 Å². The van der Waals surface area contributed by atoms with Crippen molar-refractivity contribution in [3.8, 4) is 12.3 Å². The van der Waals surface area contributed by atoms with Crippen LogP contribution in [0.3, 0.4) is 0 Å². The second kappa shape index (κ2) is 3.47. The zero-order valence-corrected chi connectivity index (χ0v) is 9.72. The number of amides is 2. The first-order valence-corrected chi connectivity index (χ1v) is 6.01. The maximum absolute atomic E-state index is 11.8. The Bertz CT molecular complexity index is 434. The van der Waals surface area contributed by atoms with Crippen LogP contribution in [0.1, 0.15) is 19.3 Å². The van der Waals surface area contributed by atoms with Gasteiger partial charge in [0, 0.05) is 19.1 Å². The number of nitrogens with two attached hydrogens (primary N) is 1. The molecule has 17 heavy (non-hydrogen) atoms. The molecule has 1 atom stereocenters. The molecule has 0 bridgehead atoms. The Balaban J connectivity index is 1.86. The summed E-state index contributed by atoms with van der Waals surface area (Å²) in [7, 11) is 0. The third kappa shape index (κ3) is 1.44. The van der Waals surface area contributed by atoms with Gasteiger partial charge in [-0.3, -0.25) is 9.80 Å². The molecule has 1 aliphatic carbocycles. The molecular weight excluding hydrogens is 216 g/mol. The number of aliphatic imine (C=N–C) groups is 1. The molecular formula is C12H16N4O. The summed E-state index contributed by atoms with van der Waals surface area (Å²) in [4.78, 5) is 19.7. The number of urea groups is 1. The number of hydrogen-bond donors (Lipinski definition) is 1. The number of terminal acetylenes is 1. The summed E-state index contributed by atoms with van der Waals surface area (Å²) in [5, 5.41) is 0. The monoisotopic (exact) mass is 232 g/mol. The smallest absolute Gasteiger partial charge is 0.346 e. The van der Waals surface area contributed by atoms with E-state index in [4.69, 9.17) is 12.2 Å². The van der Waals surface area contributed by atoms with Gasteiger partial charge >= 0.3 is 6.03 Å². The van der Waals surface area contributed by atoms with Gasteiger partial charge in [-0.15, -0.1) is 6.42 Å². The Kier molecular flexibility index (Phi) is 2.17. The van der Waals surface area contributed by atoms with Gasteiger partial charge in [-0.1, -0.05) is 5.92 Å². The van der Waals surface area contributed by atoms with Crippen molar-refractivity contribution >= 4 is 11.9 Å². The molecule has 2 heterocycles. The van der Waals surface area contributed by atoms with Crippen LogP contribution in [0.5, 0.6) is 0 Å². The van der Waals surface area contributed by atoms with E-state index >= 15 is 0 Å². The lowest BCUT2D eigenvalue weighted by Crippen LogP contribution is -2.56. The van der Waals surface area contributed by atoms with Crippen molar-refractivity contribution in [1.29, 1.82) is 0 Å². The van der Waals surface area contributed by atoms with Gasteiger partial charge in [-0.25, -0.2) is 4.79 Å². The molecule has 0 radical (unpaired) electrons. The molecule has 1 unspecified atom stereocenters. The summed E-state index contributed by atoms with van der Waals surface area (Å²) in [6.45, 7) is 2.07. The van der Waals surface area contributed by atoms with Crippen molar-refractivity contribution in [2.75, 3.05) is 19.6 Å². The van der Waals surface area contributed by atoms with Crippen molar-refractivity contribution in [1.82, 2.24) is 9.80 Å². The fourth-order valence-electron chi connectivity index (χ4n) is 2.90. The number of amidine groups is 1. The van der Waals surface area contributed by atoms with Gasteiger partial charge in [-0.2, -0.15) is 4.99 Å². The molecule has 2 aliphatic heterocycles. The fourth-order valence-corrected chi connectivity index (χ4v) is 2.90. The number of rotatable bonds is 2. The highest BCUT2D eigenvalue weighted by molar-refractivity contribution is 6.06. The summed E-state index contributed by atoms with van der Waals surface area (Å²) in [6, 6.07) is 0.406. The third-order valence-corrected chi connectivity index (χ3v) is 4.03. The standard InChI is InChI=1S/C12H16N4O/c1-2-6-16-11(17)14-10(13)12(16)5-7-15(8-12)9-3-4-9/h1,9H,3-8H2,(H2,13,14,17). The molecule has 5 heteroatoms. The summed E-state index contributed by atoms with van der Waals surface area (Å²) in [5.74, 6) is 2.97. The van der Waals surface area contributed by atoms with Crippen molar-refractivity contribution in [2.45, 2.75) is 30.8 Å². The highest BCUT2D eigenvalue weighted by Crippen LogP contribution is 2.38. The number of hydrogen-bond acceptors (Lipinski definition) is 3. The SMILES string of the molecule is C#CCN1C(=O)N=C(N)C12CCN(C1CC1)C2. The quantitative estimate of drug-likeness (QED) is 0.683. The molecule has 0 aromatic rings. The van der Waals surface area contributed by atoms with Crippen molar-refractivity contribution in [3.05, 3.63) is 0 Å². The lowest BCUT2D eigenvalue weighted by atomic mass is 9.96. The first-order chi connectivity index (χ1) is 8.17. The Hall–Kier alpha value is -1.54. The maximum Gasteiger partial charge on any atom is 0.346 e. The molecule has 1 spiro atoms. The lowest BCUT2D eigenvalue weighted by Gasteiger charge is -2.33. The van der Waals surface area contributed by atoms with Gasteiger partial charge in [0.1, 0.15) is 11.4 Å². The number of nitrogens with zero attached hydrogens (tertiary/aromatic N) is 3. The van der Waals surface area contributed by atoms with Crippen LogP contribution in [-0.2, 0) is 0 Å². The second-order valence-electron chi connectivity index (χ2n) is 5.05. The first-order valence-electron chi connectivity index (χ1n) is 6.01. The van der Waals surface area contributed by atoms with Gasteiger partial charge in [0.2, 0.25) is 0 Å². The van der Waals surface area contributed by atoms with Crippen molar-refractivity contribution < 1.29 is 4.79 Å². The molecule has 1 saturated carbocycles. The summed E-state index contributed by atoms with van der Waals surface area (Å²) in [5.41, 5.74) is 5.54. The average molecular weight is 232 g/mol. The van der Waals surface area contributed by atoms with Gasteiger partial charge in [0.05, 0.1) is 6.54 Å². The van der Waals surface area contributed by atoms with E-state index in [2.05, 4.69) is 15.8 Å². The van der Waals surface area contributed by atoms with Crippen LogP contribution in [0.25, 0.3) is 0 Å². The van der Waals surface area contributed by atoms with Crippen LogP contribution in [0, 0.1) is 12.3 Å². The van der Waals surface area contributed by atoms with E-state index in [-0.39, 0.29) is 6.03 Å². The summed E-state index contributed by atoms with van der Waals surface area (Å²) >= 11 is 0. The van der Waals surface area contributed by atoms with Crippen LogP contribution in [0.15, 0.2) is 4.99 Å². The minimum absolute atomic E-state index is 0.280. The zero-order chi connectivity index (χ0) is 12.0. The minimum atomic E-state index is -0.425. The molecule has 90 valence electrons. The highest BCUT2D eigenvalue weighted by atomic mass is 16.2. The Morgan fingerprint density at radius 2 is 2.35 bits per heavy atom. The van der Waals surface area contributed by atoms with Crippen LogP contribution in [-0.4, -0.2) is 52.9 Å². The second-order valence-corrected chi connectivity index (χ2v) is 5.05.